The average Bonchev–Trinajstić information content (AvgIpc) is 3.15. The maximum absolute atomic E-state index is 13.7. The second kappa shape index (κ2) is 9.62. The van der Waals surface area contributed by atoms with Gasteiger partial charge >= 0.3 is 0 Å². The van der Waals surface area contributed by atoms with Crippen LogP contribution in [0.15, 0.2) is 72.0 Å². The highest BCUT2D eigenvalue weighted by Crippen LogP contribution is 2.23. The lowest BCUT2D eigenvalue weighted by Crippen LogP contribution is -2.18. The Hall–Kier alpha value is -4.04. The molecule has 0 unspecified atom stereocenters. The smallest absolute Gasteiger partial charge is 0.271 e. The first-order chi connectivity index (χ1) is 15.9. The normalized spacial score (nSPS) is 11.0. The number of hydrogen-bond donors (Lipinski definition) is 1. The van der Waals surface area contributed by atoms with Gasteiger partial charge in [0.2, 0.25) is 11.1 Å². The van der Waals surface area contributed by atoms with Crippen LogP contribution >= 0.6 is 11.6 Å². The van der Waals surface area contributed by atoms with E-state index in [-0.39, 0.29) is 17.1 Å². The van der Waals surface area contributed by atoms with Crippen molar-refractivity contribution in [2.75, 3.05) is 0 Å². The number of rotatable bonds is 6. The fraction of sp³-hybridized carbons (Fsp3) is 0.0833. The fourth-order valence-electron chi connectivity index (χ4n) is 3.23. The second-order valence-electron chi connectivity index (χ2n) is 7.16. The molecule has 0 aliphatic rings. The lowest BCUT2D eigenvalue weighted by atomic mass is 10.2. The van der Waals surface area contributed by atoms with Crippen LogP contribution in [-0.4, -0.2) is 26.7 Å². The van der Waals surface area contributed by atoms with Gasteiger partial charge in [-0.15, -0.1) is 0 Å². The standard InChI is InChI=1S/C24H19ClFN5O2/c1-15-6-7-16(2)31(15)19-5-3-4-18(12-19)22(32)30-28-13-17-8-10-20(11-9-17)33-23-21(26)14-27-24(25)29-23/h3-14H,1-2H3,(H,30,32)/b28-13+. The van der Waals surface area contributed by atoms with Crippen LogP contribution in [-0.2, 0) is 0 Å². The van der Waals surface area contributed by atoms with E-state index in [1.165, 1.54) is 6.21 Å². The molecule has 0 aliphatic heterocycles. The molecule has 0 spiro atoms. The van der Waals surface area contributed by atoms with E-state index in [0.717, 1.165) is 23.3 Å². The summed E-state index contributed by atoms with van der Waals surface area (Å²) in [6.45, 7) is 4.03. The maximum Gasteiger partial charge on any atom is 0.271 e. The molecule has 2 heterocycles. The third kappa shape index (κ3) is 5.24. The van der Waals surface area contributed by atoms with Crippen LogP contribution in [0.1, 0.15) is 27.3 Å². The van der Waals surface area contributed by atoms with Crippen LogP contribution in [0.4, 0.5) is 4.39 Å². The summed E-state index contributed by atoms with van der Waals surface area (Å²) in [6, 6.07) is 18.0. The number of ether oxygens (including phenoxy) is 1. The van der Waals surface area contributed by atoms with Crippen molar-refractivity contribution in [3.05, 3.63) is 100 Å². The number of halogens is 2. The molecule has 9 heteroatoms. The minimum absolute atomic E-state index is 0.116. The van der Waals surface area contributed by atoms with Gasteiger partial charge in [-0.05, 0) is 85.6 Å². The number of hydrogen-bond acceptors (Lipinski definition) is 5. The van der Waals surface area contributed by atoms with Gasteiger partial charge in [-0.2, -0.15) is 14.5 Å². The first-order valence-corrected chi connectivity index (χ1v) is 10.3. The Morgan fingerprint density at radius 2 is 1.85 bits per heavy atom. The number of amides is 1. The highest BCUT2D eigenvalue weighted by atomic mass is 35.5. The molecule has 166 valence electrons. The maximum atomic E-state index is 13.7. The molecule has 2 aromatic carbocycles. The molecule has 0 bridgehead atoms. The monoisotopic (exact) mass is 463 g/mol. The largest absolute Gasteiger partial charge is 0.436 e. The third-order valence-corrected chi connectivity index (χ3v) is 4.98. The van der Waals surface area contributed by atoms with Gasteiger partial charge in [-0.1, -0.05) is 6.07 Å². The van der Waals surface area contributed by atoms with E-state index in [4.69, 9.17) is 16.3 Å². The summed E-state index contributed by atoms with van der Waals surface area (Å²) in [5.41, 5.74) is 6.80. The zero-order valence-corrected chi connectivity index (χ0v) is 18.5. The molecule has 33 heavy (non-hydrogen) atoms. The first kappa shape index (κ1) is 22.2. The third-order valence-electron chi connectivity index (χ3n) is 4.79. The summed E-state index contributed by atoms with van der Waals surface area (Å²) in [6.07, 6.45) is 2.43. The van der Waals surface area contributed by atoms with Gasteiger partial charge in [0.15, 0.2) is 0 Å². The van der Waals surface area contributed by atoms with E-state index in [1.807, 2.05) is 44.2 Å². The summed E-state index contributed by atoms with van der Waals surface area (Å²) in [7, 11) is 0. The number of carbonyl (C=O) groups is 1. The van der Waals surface area contributed by atoms with E-state index in [0.29, 0.717) is 16.9 Å². The van der Waals surface area contributed by atoms with Crippen molar-refractivity contribution < 1.29 is 13.9 Å². The first-order valence-electron chi connectivity index (χ1n) is 9.95. The predicted octanol–water partition coefficient (Wildman–Crippen LogP) is 5.23. The number of carbonyl (C=O) groups excluding carboxylic acids is 1. The fourth-order valence-corrected chi connectivity index (χ4v) is 3.35. The molecule has 0 radical (unpaired) electrons. The Morgan fingerprint density at radius 1 is 1.12 bits per heavy atom. The zero-order valence-electron chi connectivity index (χ0n) is 17.8. The minimum atomic E-state index is -0.723. The Bertz CT molecular complexity index is 1320. The zero-order chi connectivity index (χ0) is 23.4. The number of benzene rings is 2. The van der Waals surface area contributed by atoms with Gasteiger partial charge < -0.3 is 9.30 Å². The number of nitrogens with one attached hydrogen (secondary N) is 1. The van der Waals surface area contributed by atoms with Gasteiger partial charge in [0, 0.05) is 22.6 Å². The Kier molecular flexibility index (Phi) is 6.46. The van der Waals surface area contributed by atoms with Crippen LogP contribution in [0.5, 0.6) is 11.6 Å². The van der Waals surface area contributed by atoms with Crippen molar-refractivity contribution in [3.63, 3.8) is 0 Å². The van der Waals surface area contributed by atoms with Crippen molar-refractivity contribution in [1.29, 1.82) is 0 Å². The van der Waals surface area contributed by atoms with Crippen molar-refractivity contribution in [2.24, 2.45) is 5.10 Å². The quantitative estimate of drug-likeness (QED) is 0.241. The molecule has 4 aromatic rings. The molecule has 4 rings (SSSR count). The van der Waals surface area contributed by atoms with E-state index < -0.39 is 5.82 Å². The molecule has 0 aliphatic carbocycles. The van der Waals surface area contributed by atoms with Gasteiger partial charge in [0.05, 0.1) is 12.4 Å². The summed E-state index contributed by atoms with van der Waals surface area (Å²) in [5.74, 6) is -0.959. The van der Waals surface area contributed by atoms with Crippen LogP contribution in [0, 0.1) is 19.7 Å². The van der Waals surface area contributed by atoms with E-state index in [2.05, 4.69) is 25.1 Å². The van der Waals surface area contributed by atoms with Gasteiger partial charge in [0.25, 0.3) is 11.8 Å². The van der Waals surface area contributed by atoms with Crippen LogP contribution in [0.2, 0.25) is 5.28 Å². The van der Waals surface area contributed by atoms with Crippen LogP contribution in [0.3, 0.4) is 0 Å². The molecule has 1 N–H and O–H groups in total. The SMILES string of the molecule is Cc1ccc(C)n1-c1cccc(C(=O)N/N=C/c2ccc(Oc3nc(Cl)ncc3F)cc2)c1. The highest BCUT2D eigenvalue weighted by molar-refractivity contribution is 6.28. The highest BCUT2D eigenvalue weighted by Gasteiger charge is 2.10. The summed E-state index contributed by atoms with van der Waals surface area (Å²) in [5, 5.41) is 3.90. The van der Waals surface area contributed by atoms with E-state index >= 15 is 0 Å². The molecule has 0 atom stereocenters. The van der Waals surface area contributed by atoms with E-state index in [9.17, 15) is 9.18 Å². The Balaban J connectivity index is 1.40. The molecular weight excluding hydrogens is 445 g/mol. The molecular formula is C24H19ClFN5O2. The summed E-state index contributed by atoms with van der Waals surface area (Å²) >= 11 is 5.66. The topological polar surface area (TPSA) is 81.4 Å². The minimum Gasteiger partial charge on any atom is -0.436 e. The second-order valence-corrected chi connectivity index (χ2v) is 7.50. The van der Waals surface area contributed by atoms with Crippen molar-refractivity contribution in [2.45, 2.75) is 13.8 Å². The molecule has 2 aromatic heterocycles. The van der Waals surface area contributed by atoms with Gasteiger partial charge in [-0.3, -0.25) is 4.79 Å². The number of aromatic nitrogens is 3. The van der Waals surface area contributed by atoms with Gasteiger partial charge in [0.1, 0.15) is 5.75 Å². The lowest BCUT2D eigenvalue weighted by molar-refractivity contribution is 0.0955. The lowest BCUT2D eigenvalue weighted by Gasteiger charge is -2.10. The molecule has 7 nitrogen and oxygen atoms in total. The van der Waals surface area contributed by atoms with Crippen LogP contribution < -0.4 is 10.2 Å². The van der Waals surface area contributed by atoms with E-state index in [1.54, 1.807) is 30.3 Å². The summed E-state index contributed by atoms with van der Waals surface area (Å²) < 4.78 is 21.1. The average molecular weight is 464 g/mol. The molecule has 0 saturated carbocycles. The number of nitrogens with zero attached hydrogens (tertiary/aromatic N) is 4. The summed E-state index contributed by atoms with van der Waals surface area (Å²) in [4.78, 5) is 19.8. The Morgan fingerprint density at radius 3 is 2.58 bits per heavy atom. The van der Waals surface area contributed by atoms with Crippen molar-refractivity contribution in [1.82, 2.24) is 20.0 Å². The van der Waals surface area contributed by atoms with Crippen molar-refractivity contribution >= 4 is 23.7 Å². The molecule has 0 saturated heterocycles. The number of aryl methyl sites for hydroxylation is 2. The molecule has 0 fully saturated rings. The Labute approximate surface area is 194 Å². The van der Waals surface area contributed by atoms with Crippen molar-refractivity contribution in [3.8, 4) is 17.3 Å². The number of hydrazone groups is 1. The predicted molar refractivity (Wildman–Crippen MR) is 124 cm³/mol. The molecule has 1 amide bonds. The van der Waals surface area contributed by atoms with Gasteiger partial charge in [-0.25, -0.2) is 10.4 Å². The van der Waals surface area contributed by atoms with Crippen LogP contribution in [0.25, 0.3) is 5.69 Å².